The van der Waals surface area contributed by atoms with Gasteiger partial charge in [-0.1, -0.05) is 6.07 Å². The second-order valence-corrected chi connectivity index (χ2v) is 11.0. The number of imidazole rings is 1. The Labute approximate surface area is 216 Å². The molecule has 1 aromatic carbocycles. The third kappa shape index (κ3) is 5.50. The summed E-state index contributed by atoms with van der Waals surface area (Å²) >= 11 is 0. The van der Waals surface area contributed by atoms with Gasteiger partial charge in [-0.05, 0) is 75.1 Å². The Morgan fingerprint density at radius 1 is 1.00 bits per heavy atom. The van der Waals surface area contributed by atoms with Crippen LogP contribution in [0.3, 0.4) is 0 Å². The Hall–Kier alpha value is -2.98. The van der Waals surface area contributed by atoms with Gasteiger partial charge in [0.05, 0.1) is 17.6 Å². The quantitative estimate of drug-likeness (QED) is 0.534. The van der Waals surface area contributed by atoms with Gasteiger partial charge >= 0.3 is 5.69 Å². The van der Waals surface area contributed by atoms with Crippen molar-refractivity contribution in [3.8, 4) is 0 Å². The zero-order chi connectivity index (χ0) is 26.1. The van der Waals surface area contributed by atoms with Crippen molar-refractivity contribution in [2.75, 3.05) is 32.7 Å². The number of aryl methyl sites for hydroxylation is 2. The van der Waals surface area contributed by atoms with E-state index in [2.05, 4.69) is 10.2 Å². The molecule has 3 aliphatic rings. The van der Waals surface area contributed by atoms with Gasteiger partial charge in [-0.15, -0.1) is 0 Å². The highest BCUT2D eigenvalue weighted by Crippen LogP contribution is 2.26. The van der Waals surface area contributed by atoms with Gasteiger partial charge in [-0.2, -0.15) is 0 Å². The Kier molecular flexibility index (Phi) is 7.48. The number of carbonyl (C=O) groups is 3. The molecule has 1 unspecified atom stereocenters. The average Bonchev–Trinajstić information content (AvgIpc) is 3.12. The van der Waals surface area contributed by atoms with Crippen molar-refractivity contribution in [1.82, 2.24) is 24.3 Å². The number of benzene rings is 1. The van der Waals surface area contributed by atoms with Crippen molar-refractivity contribution in [2.24, 2.45) is 18.7 Å². The second kappa shape index (κ2) is 10.8. The lowest BCUT2D eigenvalue weighted by molar-refractivity contribution is -0.137. The molecule has 2 saturated heterocycles. The van der Waals surface area contributed by atoms with Crippen LogP contribution in [0.5, 0.6) is 0 Å². The molecule has 10 heteroatoms. The maximum Gasteiger partial charge on any atom is 0.329 e. The van der Waals surface area contributed by atoms with E-state index in [1.165, 1.54) is 4.57 Å². The third-order valence-electron chi connectivity index (χ3n) is 8.38. The molecule has 3 fully saturated rings. The van der Waals surface area contributed by atoms with Gasteiger partial charge in [0.2, 0.25) is 17.7 Å². The van der Waals surface area contributed by atoms with Crippen LogP contribution in [0.2, 0.25) is 0 Å². The fourth-order valence-corrected chi connectivity index (χ4v) is 6.12. The molecule has 0 bridgehead atoms. The van der Waals surface area contributed by atoms with Crippen molar-refractivity contribution in [3.05, 3.63) is 34.2 Å². The van der Waals surface area contributed by atoms with Gasteiger partial charge in [0.1, 0.15) is 6.04 Å². The summed E-state index contributed by atoms with van der Waals surface area (Å²) in [5, 5.41) is 2.34. The standard InChI is InChI=1S/C27H38N6O4/c1-30-23-15-18(6-9-21(23)33(27(30)37)22-10-11-24(34)29-26(22)36)3-2-12-31-13-14-32(25(35)17-31)16-19-4-7-20(28)8-5-19/h6,9,15,19-20,22H,2-5,7-8,10-14,16-17,28H2,1H3,(H,29,34,36). The Morgan fingerprint density at radius 2 is 1.78 bits per heavy atom. The Morgan fingerprint density at radius 3 is 2.51 bits per heavy atom. The molecule has 200 valence electrons. The molecule has 3 heterocycles. The van der Waals surface area contributed by atoms with Crippen molar-refractivity contribution in [1.29, 1.82) is 0 Å². The Bertz CT molecular complexity index is 1240. The number of hydrogen-bond donors (Lipinski definition) is 2. The molecule has 1 atom stereocenters. The van der Waals surface area contributed by atoms with Gasteiger partial charge in [0.25, 0.3) is 0 Å². The highest BCUT2D eigenvalue weighted by atomic mass is 16.2. The largest absolute Gasteiger partial charge is 0.340 e. The SMILES string of the molecule is Cn1c(=O)n(C2CCC(=O)NC2=O)c2ccc(CCCN3CCN(CC4CCC(N)CC4)C(=O)C3)cc21. The number of hydrogen-bond acceptors (Lipinski definition) is 6. The van der Waals surface area contributed by atoms with E-state index in [4.69, 9.17) is 5.73 Å². The number of nitrogens with two attached hydrogens (primary N) is 1. The molecule has 1 aliphatic carbocycles. The van der Waals surface area contributed by atoms with Crippen LogP contribution in [0.15, 0.2) is 23.0 Å². The second-order valence-electron chi connectivity index (χ2n) is 11.0. The molecule has 10 nitrogen and oxygen atoms in total. The van der Waals surface area contributed by atoms with E-state index >= 15 is 0 Å². The topological polar surface area (TPSA) is 123 Å². The van der Waals surface area contributed by atoms with E-state index in [9.17, 15) is 19.2 Å². The predicted molar refractivity (Wildman–Crippen MR) is 140 cm³/mol. The van der Waals surface area contributed by atoms with Crippen LogP contribution in [0.4, 0.5) is 0 Å². The molecule has 0 radical (unpaired) electrons. The van der Waals surface area contributed by atoms with Gasteiger partial charge in [-0.25, -0.2) is 4.79 Å². The molecule has 37 heavy (non-hydrogen) atoms. The summed E-state index contributed by atoms with van der Waals surface area (Å²) in [5.74, 6) is 0.0974. The van der Waals surface area contributed by atoms with E-state index in [1.54, 1.807) is 11.6 Å². The number of aromatic nitrogens is 2. The van der Waals surface area contributed by atoms with Gasteiger partial charge in [0.15, 0.2) is 0 Å². The van der Waals surface area contributed by atoms with Gasteiger partial charge in [-0.3, -0.25) is 33.7 Å². The van der Waals surface area contributed by atoms with Crippen LogP contribution in [-0.2, 0) is 27.9 Å². The first kappa shape index (κ1) is 25.7. The fourth-order valence-electron chi connectivity index (χ4n) is 6.12. The zero-order valence-electron chi connectivity index (χ0n) is 21.7. The van der Waals surface area contributed by atoms with Crippen LogP contribution >= 0.6 is 0 Å². The first-order chi connectivity index (χ1) is 17.8. The summed E-state index contributed by atoms with van der Waals surface area (Å²) < 4.78 is 3.08. The first-order valence-electron chi connectivity index (χ1n) is 13.6. The summed E-state index contributed by atoms with van der Waals surface area (Å²) in [6.45, 7) is 3.90. The minimum atomic E-state index is -0.674. The molecule has 2 aromatic rings. The number of nitrogens with zero attached hydrogens (tertiary/aromatic N) is 4. The fraction of sp³-hybridized carbons (Fsp3) is 0.630. The smallest absolute Gasteiger partial charge is 0.329 e. The molecular weight excluding hydrogens is 472 g/mol. The molecule has 2 aliphatic heterocycles. The molecule has 1 aromatic heterocycles. The number of piperazine rings is 1. The van der Waals surface area contributed by atoms with Gasteiger partial charge < -0.3 is 10.6 Å². The number of rotatable bonds is 7. The lowest BCUT2D eigenvalue weighted by atomic mass is 9.86. The average molecular weight is 511 g/mol. The third-order valence-corrected chi connectivity index (χ3v) is 8.38. The van der Waals surface area contributed by atoms with Crippen molar-refractivity contribution >= 4 is 28.8 Å². The van der Waals surface area contributed by atoms with E-state index in [0.717, 1.165) is 75.8 Å². The van der Waals surface area contributed by atoms with E-state index in [1.807, 2.05) is 23.1 Å². The van der Waals surface area contributed by atoms with Crippen molar-refractivity contribution < 1.29 is 14.4 Å². The molecule has 3 amide bonds. The monoisotopic (exact) mass is 510 g/mol. The lowest BCUT2D eigenvalue weighted by Crippen LogP contribution is -2.52. The van der Waals surface area contributed by atoms with Crippen LogP contribution in [-0.4, -0.2) is 75.4 Å². The highest BCUT2D eigenvalue weighted by molar-refractivity contribution is 6.00. The van der Waals surface area contributed by atoms with Crippen molar-refractivity contribution in [3.63, 3.8) is 0 Å². The maximum absolute atomic E-state index is 13.0. The van der Waals surface area contributed by atoms with Crippen LogP contribution < -0.4 is 16.7 Å². The summed E-state index contributed by atoms with van der Waals surface area (Å²) in [7, 11) is 1.71. The number of imide groups is 1. The summed E-state index contributed by atoms with van der Waals surface area (Å²) in [5.41, 5.74) is 8.36. The van der Waals surface area contributed by atoms with Crippen LogP contribution in [0.25, 0.3) is 11.0 Å². The first-order valence-corrected chi connectivity index (χ1v) is 13.6. The molecule has 1 saturated carbocycles. The molecule has 5 rings (SSSR count). The maximum atomic E-state index is 13.0. The van der Waals surface area contributed by atoms with E-state index in [-0.39, 0.29) is 23.9 Å². The van der Waals surface area contributed by atoms with E-state index < -0.39 is 11.9 Å². The van der Waals surface area contributed by atoms with Crippen molar-refractivity contribution in [2.45, 2.75) is 63.5 Å². The number of carbonyl (C=O) groups excluding carboxylic acids is 3. The number of amides is 3. The number of nitrogens with one attached hydrogen (secondary N) is 1. The van der Waals surface area contributed by atoms with E-state index in [0.29, 0.717) is 30.4 Å². The zero-order valence-corrected chi connectivity index (χ0v) is 21.7. The summed E-state index contributed by atoms with van der Waals surface area (Å²) in [6, 6.07) is 5.57. The lowest BCUT2D eigenvalue weighted by Gasteiger charge is -2.37. The number of fused-ring (bicyclic) bond motifs is 1. The van der Waals surface area contributed by atoms with Crippen LogP contribution in [0.1, 0.15) is 56.6 Å². The molecule has 3 N–H and O–H groups in total. The number of piperidine rings is 1. The highest BCUT2D eigenvalue weighted by Gasteiger charge is 2.31. The minimum Gasteiger partial charge on any atom is -0.340 e. The summed E-state index contributed by atoms with van der Waals surface area (Å²) in [6.07, 6.45) is 6.70. The molecule has 0 spiro atoms. The Balaban J connectivity index is 1.16. The molecular formula is C27H38N6O4. The predicted octanol–water partition coefficient (Wildman–Crippen LogP) is 0.912. The summed E-state index contributed by atoms with van der Waals surface area (Å²) in [4.78, 5) is 53.9. The van der Waals surface area contributed by atoms with Gasteiger partial charge in [0, 0.05) is 39.1 Å². The van der Waals surface area contributed by atoms with Crippen LogP contribution in [0, 0.1) is 5.92 Å². The minimum absolute atomic E-state index is 0.226. The normalized spacial score (nSPS) is 25.6.